The third kappa shape index (κ3) is 2.24. The Morgan fingerprint density at radius 2 is 2.27 bits per heavy atom. The fraction of sp³-hybridized carbons (Fsp3) is 0.111. The van der Waals surface area contributed by atoms with E-state index in [0.717, 1.165) is 10.1 Å². The lowest BCUT2D eigenvalue weighted by atomic mass is 10.3. The van der Waals surface area contributed by atoms with Crippen LogP contribution in [0.5, 0.6) is 0 Å². The third-order valence-corrected chi connectivity index (χ3v) is 3.38. The van der Waals surface area contributed by atoms with Crippen LogP contribution in [-0.4, -0.2) is 14.8 Å². The molecule has 0 unspecified atom stereocenters. The molecule has 0 aliphatic rings. The van der Waals surface area contributed by atoms with Crippen molar-refractivity contribution >= 4 is 29.1 Å². The molecule has 0 radical (unpaired) electrons. The van der Waals surface area contributed by atoms with E-state index in [1.807, 2.05) is 23.7 Å². The van der Waals surface area contributed by atoms with Crippen LogP contribution in [-0.2, 0) is 7.05 Å². The Morgan fingerprint density at radius 1 is 1.47 bits per heavy atom. The molecule has 1 aromatic carbocycles. The van der Waals surface area contributed by atoms with E-state index in [2.05, 4.69) is 10.2 Å². The molecule has 0 fully saturated rings. The van der Waals surface area contributed by atoms with E-state index < -0.39 is 0 Å². The minimum Gasteiger partial charge on any atom is -0.399 e. The van der Waals surface area contributed by atoms with Crippen molar-refractivity contribution in [3.63, 3.8) is 0 Å². The molecule has 0 aliphatic carbocycles. The Bertz CT molecular complexity index is 483. The van der Waals surface area contributed by atoms with E-state index in [0.29, 0.717) is 10.7 Å². The van der Waals surface area contributed by atoms with Crippen LogP contribution in [0, 0.1) is 0 Å². The average Bonchev–Trinajstić information content (AvgIpc) is 2.57. The van der Waals surface area contributed by atoms with Crippen LogP contribution in [0.2, 0.25) is 5.02 Å². The summed E-state index contributed by atoms with van der Waals surface area (Å²) in [5.74, 6) is 0. The van der Waals surface area contributed by atoms with Crippen molar-refractivity contribution in [2.24, 2.45) is 7.05 Å². The van der Waals surface area contributed by atoms with Crippen LogP contribution in [0.15, 0.2) is 34.6 Å². The van der Waals surface area contributed by atoms with Crippen molar-refractivity contribution in [1.82, 2.24) is 14.8 Å². The molecule has 0 spiro atoms. The lowest BCUT2D eigenvalue weighted by molar-refractivity contribution is 0.788. The van der Waals surface area contributed by atoms with Crippen LogP contribution in [0.3, 0.4) is 0 Å². The summed E-state index contributed by atoms with van der Waals surface area (Å²) in [5.41, 5.74) is 6.26. The molecule has 2 aromatic rings. The maximum Gasteiger partial charge on any atom is 0.195 e. The zero-order valence-corrected chi connectivity index (χ0v) is 9.59. The molecule has 6 heteroatoms. The fourth-order valence-electron chi connectivity index (χ4n) is 1.06. The second-order valence-corrected chi connectivity index (χ2v) is 4.43. The SMILES string of the molecule is Cn1cnnc1Sc1ccc(N)cc1Cl. The second kappa shape index (κ2) is 4.12. The van der Waals surface area contributed by atoms with E-state index in [4.69, 9.17) is 17.3 Å². The minimum absolute atomic E-state index is 0.628. The van der Waals surface area contributed by atoms with Gasteiger partial charge in [-0.3, -0.25) is 0 Å². The van der Waals surface area contributed by atoms with Crippen LogP contribution in [0.1, 0.15) is 0 Å². The summed E-state index contributed by atoms with van der Waals surface area (Å²) in [5, 5.41) is 9.17. The molecule has 0 saturated heterocycles. The van der Waals surface area contributed by atoms with Crippen molar-refractivity contribution < 1.29 is 0 Å². The molecular weight excluding hydrogens is 232 g/mol. The van der Waals surface area contributed by atoms with Gasteiger partial charge in [0, 0.05) is 17.6 Å². The van der Waals surface area contributed by atoms with E-state index in [1.165, 1.54) is 11.8 Å². The van der Waals surface area contributed by atoms with Crippen LogP contribution in [0.4, 0.5) is 5.69 Å². The predicted octanol–water partition coefficient (Wildman–Crippen LogP) is 2.20. The molecule has 1 heterocycles. The molecule has 0 saturated carbocycles. The van der Waals surface area contributed by atoms with Crippen molar-refractivity contribution in [2.45, 2.75) is 10.1 Å². The van der Waals surface area contributed by atoms with Gasteiger partial charge in [0.1, 0.15) is 6.33 Å². The van der Waals surface area contributed by atoms with Gasteiger partial charge in [-0.2, -0.15) is 0 Å². The quantitative estimate of drug-likeness (QED) is 0.818. The van der Waals surface area contributed by atoms with E-state index in [9.17, 15) is 0 Å². The van der Waals surface area contributed by atoms with E-state index in [-0.39, 0.29) is 0 Å². The monoisotopic (exact) mass is 240 g/mol. The van der Waals surface area contributed by atoms with Crippen LogP contribution in [0.25, 0.3) is 0 Å². The van der Waals surface area contributed by atoms with Gasteiger partial charge in [-0.1, -0.05) is 11.6 Å². The summed E-state index contributed by atoms with van der Waals surface area (Å²) in [6, 6.07) is 5.40. The molecule has 15 heavy (non-hydrogen) atoms. The van der Waals surface area contributed by atoms with Crippen molar-refractivity contribution in [3.05, 3.63) is 29.5 Å². The largest absolute Gasteiger partial charge is 0.399 e. The zero-order chi connectivity index (χ0) is 10.8. The van der Waals surface area contributed by atoms with E-state index >= 15 is 0 Å². The standard InChI is InChI=1S/C9H9ClN4S/c1-14-5-12-13-9(14)15-8-3-2-6(11)4-7(8)10/h2-5H,11H2,1H3. The number of benzene rings is 1. The first-order valence-corrected chi connectivity index (χ1v) is 5.43. The van der Waals surface area contributed by atoms with Crippen LogP contribution >= 0.6 is 23.4 Å². The Labute approximate surface area is 96.4 Å². The number of aryl methyl sites for hydroxylation is 1. The Kier molecular flexibility index (Phi) is 2.83. The highest BCUT2D eigenvalue weighted by molar-refractivity contribution is 7.99. The van der Waals surface area contributed by atoms with Crippen LogP contribution < -0.4 is 5.73 Å². The number of halogens is 1. The molecule has 2 rings (SSSR count). The number of aromatic nitrogens is 3. The highest BCUT2D eigenvalue weighted by Gasteiger charge is 2.07. The smallest absolute Gasteiger partial charge is 0.195 e. The topological polar surface area (TPSA) is 56.7 Å². The summed E-state index contributed by atoms with van der Waals surface area (Å²) < 4.78 is 1.83. The number of rotatable bonds is 2. The highest BCUT2D eigenvalue weighted by Crippen LogP contribution is 2.32. The molecule has 78 valence electrons. The molecule has 0 bridgehead atoms. The fourth-order valence-corrected chi connectivity index (χ4v) is 2.14. The summed E-state index contributed by atoms with van der Waals surface area (Å²) in [4.78, 5) is 0.918. The molecule has 4 nitrogen and oxygen atoms in total. The average molecular weight is 241 g/mol. The van der Waals surface area contributed by atoms with Gasteiger partial charge in [-0.05, 0) is 30.0 Å². The lowest BCUT2D eigenvalue weighted by Gasteiger charge is -2.03. The molecule has 0 aliphatic heterocycles. The number of hydrogen-bond acceptors (Lipinski definition) is 4. The second-order valence-electron chi connectivity index (χ2n) is 3.02. The summed E-state index contributed by atoms with van der Waals surface area (Å²) >= 11 is 7.50. The summed E-state index contributed by atoms with van der Waals surface area (Å²) in [6.45, 7) is 0. The Morgan fingerprint density at radius 3 is 2.87 bits per heavy atom. The van der Waals surface area contributed by atoms with Crippen molar-refractivity contribution in [3.8, 4) is 0 Å². The molecule has 0 atom stereocenters. The maximum absolute atomic E-state index is 6.04. The number of hydrogen-bond donors (Lipinski definition) is 1. The Balaban J connectivity index is 2.29. The van der Waals surface area contributed by atoms with Gasteiger partial charge in [-0.25, -0.2) is 0 Å². The molecule has 2 N–H and O–H groups in total. The first-order valence-electron chi connectivity index (χ1n) is 4.23. The van der Waals surface area contributed by atoms with Gasteiger partial charge in [0.05, 0.1) is 5.02 Å². The number of nitrogens with two attached hydrogens (primary N) is 1. The number of nitrogen functional groups attached to an aromatic ring is 1. The summed E-state index contributed by atoms with van der Waals surface area (Å²) in [7, 11) is 1.88. The number of nitrogens with zero attached hydrogens (tertiary/aromatic N) is 3. The zero-order valence-electron chi connectivity index (χ0n) is 8.01. The minimum atomic E-state index is 0.628. The lowest BCUT2D eigenvalue weighted by Crippen LogP contribution is -1.89. The van der Waals surface area contributed by atoms with Gasteiger partial charge < -0.3 is 10.3 Å². The molecule has 0 amide bonds. The van der Waals surface area contributed by atoms with Crippen molar-refractivity contribution in [1.29, 1.82) is 0 Å². The van der Waals surface area contributed by atoms with Crippen molar-refractivity contribution in [2.75, 3.05) is 5.73 Å². The molecule has 1 aromatic heterocycles. The van der Waals surface area contributed by atoms with Gasteiger partial charge in [-0.15, -0.1) is 10.2 Å². The van der Waals surface area contributed by atoms with Gasteiger partial charge in [0.25, 0.3) is 0 Å². The van der Waals surface area contributed by atoms with E-state index in [1.54, 1.807) is 12.4 Å². The Hall–Kier alpha value is -1.20. The molecular formula is C9H9ClN4S. The first-order chi connectivity index (χ1) is 7.16. The summed E-state index contributed by atoms with van der Waals surface area (Å²) in [6.07, 6.45) is 1.65. The first kappa shape index (κ1) is 10.3. The highest BCUT2D eigenvalue weighted by atomic mass is 35.5. The van der Waals surface area contributed by atoms with Gasteiger partial charge in [0.15, 0.2) is 5.16 Å². The third-order valence-electron chi connectivity index (χ3n) is 1.83. The van der Waals surface area contributed by atoms with Gasteiger partial charge in [0.2, 0.25) is 0 Å². The van der Waals surface area contributed by atoms with Gasteiger partial charge >= 0.3 is 0 Å². The predicted molar refractivity (Wildman–Crippen MR) is 61.0 cm³/mol. The normalized spacial score (nSPS) is 10.5. The number of anilines is 1. The maximum atomic E-state index is 6.04.